The van der Waals surface area contributed by atoms with Crippen molar-refractivity contribution < 1.29 is 18.0 Å². The van der Waals surface area contributed by atoms with Gasteiger partial charge in [0.05, 0.1) is 23.1 Å². The summed E-state index contributed by atoms with van der Waals surface area (Å²) in [7, 11) is 0. The van der Waals surface area contributed by atoms with Crippen LogP contribution in [-0.4, -0.2) is 28.9 Å². The van der Waals surface area contributed by atoms with E-state index in [1.54, 1.807) is 24.3 Å². The molecule has 5 aromatic rings. The number of imidazole rings is 1. The van der Waals surface area contributed by atoms with E-state index >= 15 is 0 Å². The fourth-order valence-electron chi connectivity index (χ4n) is 3.46. The SMILES string of the molecule is O=c1c2n[nH]c(=S)n2c2cc(-n3ccnc3)c(C(F)(F)F)cc2n1OCc1ccccc1. The van der Waals surface area contributed by atoms with Gasteiger partial charge in [-0.25, -0.2) is 4.98 Å². The number of halogens is 3. The number of aromatic nitrogens is 6. The van der Waals surface area contributed by atoms with E-state index in [1.807, 2.05) is 6.07 Å². The first kappa shape index (κ1) is 20.0. The lowest BCUT2D eigenvalue weighted by molar-refractivity contribution is -0.137. The maximum Gasteiger partial charge on any atom is 0.418 e. The van der Waals surface area contributed by atoms with Crippen molar-refractivity contribution >= 4 is 28.9 Å². The van der Waals surface area contributed by atoms with Gasteiger partial charge in [-0.15, -0.1) is 9.83 Å². The van der Waals surface area contributed by atoms with Gasteiger partial charge in [0.15, 0.2) is 4.77 Å². The van der Waals surface area contributed by atoms with Crippen LogP contribution in [0.2, 0.25) is 0 Å². The van der Waals surface area contributed by atoms with Crippen LogP contribution in [-0.2, 0) is 12.8 Å². The molecule has 3 heterocycles. The molecule has 5 rings (SSSR count). The van der Waals surface area contributed by atoms with E-state index in [-0.39, 0.29) is 33.7 Å². The van der Waals surface area contributed by atoms with Crippen LogP contribution >= 0.6 is 12.2 Å². The highest BCUT2D eigenvalue weighted by molar-refractivity contribution is 7.71. The zero-order valence-corrected chi connectivity index (χ0v) is 16.9. The Hall–Kier alpha value is -3.93. The Morgan fingerprint density at radius 3 is 2.59 bits per heavy atom. The summed E-state index contributed by atoms with van der Waals surface area (Å²) in [4.78, 5) is 22.5. The molecule has 12 heteroatoms. The van der Waals surface area contributed by atoms with Crippen LogP contribution < -0.4 is 10.4 Å². The molecular weight excluding hydrogens is 445 g/mol. The largest absolute Gasteiger partial charge is 0.418 e. The molecule has 0 saturated heterocycles. The summed E-state index contributed by atoms with van der Waals surface area (Å²) < 4.78 is 45.3. The van der Waals surface area contributed by atoms with E-state index in [2.05, 4.69) is 15.2 Å². The fourth-order valence-corrected chi connectivity index (χ4v) is 3.69. The summed E-state index contributed by atoms with van der Waals surface area (Å²) in [6.45, 7) is -0.0399. The molecule has 2 aromatic carbocycles. The van der Waals surface area contributed by atoms with Crippen molar-refractivity contribution in [3.05, 3.63) is 87.4 Å². The molecule has 0 bridgehead atoms. The lowest BCUT2D eigenvalue weighted by Crippen LogP contribution is -2.29. The zero-order chi connectivity index (χ0) is 22.5. The Labute approximate surface area is 182 Å². The second kappa shape index (κ2) is 7.34. The number of alkyl halides is 3. The third-order valence-corrected chi connectivity index (χ3v) is 5.17. The minimum Gasteiger partial charge on any atom is -0.405 e. The van der Waals surface area contributed by atoms with E-state index in [0.717, 1.165) is 16.4 Å². The first-order chi connectivity index (χ1) is 15.3. The molecular formula is C20H13F3N6O2S. The number of benzene rings is 2. The number of aromatic amines is 1. The Morgan fingerprint density at radius 2 is 1.91 bits per heavy atom. The molecule has 8 nitrogen and oxygen atoms in total. The molecule has 0 unspecified atom stereocenters. The standard InChI is InChI=1S/C20H13F3N6O2S/c21-20(22,23)13-8-16-15(9-14(13)27-7-6-24-11-27)28-17(25-26-19(28)32)18(30)29(16)31-10-12-4-2-1-3-5-12/h1-9,11H,10H2,(H,26,32). The third kappa shape index (κ3) is 3.24. The lowest BCUT2D eigenvalue weighted by atomic mass is 10.1. The molecule has 0 aliphatic rings. The Bertz CT molecular complexity index is 1550. The van der Waals surface area contributed by atoms with Crippen molar-refractivity contribution in [1.82, 2.24) is 28.9 Å². The molecule has 0 spiro atoms. The van der Waals surface area contributed by atoms with Crippen LogP contribution in [0.1, 0.15) is 11.1 Å². The highest BCUT2D eigenvalue weighted by Gasteiger charge is 2.35. The monoisotopic (exact) mass is 458 g/mol. The van der Waals surface area contributed by atoms with Crippen LogP contribution in [0.3, 0.4) is 0 Å². The molecule has 1 N–H and O–H groups in total. The second-order valence-electron chi connectivity index (χ2n) is 6.87. The van der Waals surface area contributed by atoms with Crippen LogP contribution in [0, 0.1) is 4.77 Å². The van der Waals surface area contributed by atoms with Gasteiger partial charge < -0.3 is 9.40 Å². The van der Waals surface area contributed by atoms with Crippen LogP contribution in [0.15, 0.2) is 66.0 Å². The molecule has 0 radical (unpaired) electrons. The van der Waals surface area contributed by atoms with Crippen molar-refractivity contribution in [2.75, 3.05) is 0 Å². The summed E-state index contributed by atoms with van der Waals surface area (Å²) in [5.41, 5.74) is -1.15. The van der Waals surface area contributed by atoms with Gasteiger partial charge in [-0.05, 0) is 29.9 Å². The van der Waals surface area contributed by atoms with Crippen molar-refractivity contribution in [2.45, 2.75) is 12.8 Å². The normalized spacial score (nSPS) is 12.0. The van der Waals surface area contributed by atoms with E-state index < -0.39 is 17.3 Å². The number of fused-ring (bicyclic) bond motifs is 3. The summed E-state index contributed by atoms with van der Waals surface area (Å²) in [5.74, 6) is 0. The van der Waals surface area contributed by atoms with Gasteiger partial charge in [0, 0.05) is 12.4 Å². The highest BCUT2D eigenvalue weighted by Crippen LogP contribution is 2.36. The molecule has 32 heavy (non-hydrogen) atoms. The summed E-state index contributed by atoms with van der Waals surface area (Å²) >= 11 is 5.22. The number of H-pyrrole nitrogens is 1. The maximum absolute atomic E-state index is 14.0. The predicted molar refractivity (Wildman–Crippen MR) is 111 cm³/mol. The van der Waals surface area contributed by atoms with Crippen molar-refractivity contribution in [3.63, 3.8) is 0 Å². The van der Waals surface area contributed by atoms with Crippen LogP contribution in [0.5, 0.6) is 0 Å². The van der Waals surface area contributed by atoms with Gasteiger partial charge in [-0.3, -0.25) is 14.3 Å². The number of rotatable bonds is 4. The quantitative estimate of drug-likeness (QED) is 0.417. The van der Waals surface area contributed by atoms with Crippen molar-refractivity contribution in [3.8, 4) is 5.69 Å². The lowest BCUT2D eigenvalue weighted by Gasteiger charge is -2.18. The number of nitrogens with zero attached hydrogens (tertiary/aromatic N) is 5. The fraction of sp³-hybridized carbons (Fsp3) is 0.100. The molecule has 0 saturated carbocycles. The molecule has 0 fully saturated rings. The first-order valence-corrected chi connectivity index (χ1v) is 9.68. The van der Waals surface area contributed by atoms with Crippen molar-refractivity contribution in [1.29, 1.82) is 0 Å². The zero-order valence-electron chi connectivity index (χ0n) is 16.1. The number of hydrogen-bond donors (Lipinski definition) is 1. The number of hydrogen-bond acceptors (Lipinski definition) is 5. The molecule has 0 aliphatic carbocycles. The summed E-state index contributed by atoms with van der Waals surface area (Å²) in [5, 5.41) is 6.45. The Balaban J connectivity index is 1.83. The van der Waals surface area contributed by atoms with Gasteiger partial charge in [0.1, 0.15) is 12.1 Å². The Kier molecular flexibility index (Phi) is 4.59. The smallest absolute Gasteiger partial charge is 0.405 e. The minimum atomic E-state index is -4.71. The van der Waals surface area contributed by atoms with E-state index in [0.29, 0.717) is 0 Å². The van der Waals surface area contributed by atoms with Crippen molar-refractivity contribution in [2.24, 2.45) is 0 Å². The summed E-state index contributed by atoms with van der Waals surface area (Å²) in [6.07, 6.45) is -0.692. The molecule has 162 valence electrons. The van der Waals surface area contributed by atoms with Crippen LogP contribution in [0.25, 0.3) is 22.4 Å². The predicted octanol–water partition coefficient (Wildman–Crippen LogP) is 3.54. The van der Waals surface area contributed by atoms with Crippen LogP contribution in [0.4, 0.5) is 13.2 Å². The Morgan fingerprint density at radius 1 is 1.12 bits per heavy atom. The summed E-state index contributed by atoms with van der Waals surface area (Å²) in [6, 6.07) is 11.1. The van der Waals surface area contributed by atoms with Gasteiger partial charge in [0.25, 0.3) is 0 Å². The highest BCUT2D eigenvalue weighted by atomic mass is 32.1. The first-order valence-electron chi connectivity index (χ1n) is 9.27. The molecule has 3 aromatic heterocycles. The number of nitrogens with one attached hydrogen (secondary N) is 1. The molecule has 0 atom stereocenters. The van der Waals surface area contributed by atoms with Gasteiger partial charge in [-0.1, -0.05) is 30.3 Å². The van der Waals surface area contributed by atoms with E-state index in [4.69, 9.17) is 17.1 Å². The maximum atomic E-state index is 14.0. The minimum absolute atomic E-state index is 0.0399. The molecule has 0 amide bonds. The topological polar surface area (TPSA) is 82.1 Å². The average Bonchev–Trinajstić information content (AvgIpc) is 3.43. The van der Waals surface area contributed by atoms with Gasteiger partial charge in [0.2, 0.25) is 5.65 Å². The van der Waals surface area contributed by atoms with Gasteiger partial charge in [-0.2, -0.15) is 13.2 Å². The molecule has 0 aliphatic heterocycles. The van der Waals surface area contributed by atoms with Gasteiger partial charge >= 0.3 is 11.7 Å². The van der Waals surface area contributed by atoms with E-state index in [9.17, 15) is 18.0 Å². The second-order valence-corrected chi connectivity index (χ2v) is 7.26. The third-order valence-electron chi connectivity index (χ3n) is 4.89. The average molecular weight is 458 g/mol. The van der Waals surface area contributed by atoms with E-state index in [1.165, 1.54) is 33.8 Å².